The number of amides is 2. The van der Waals surface area contributed by atoms with Gasteiger partial charge in [-0.05, 0) is 35.1 Å². The lowest BCUT2D eigenvalue weighted by Crippen LogP contribution is -2.44. The average molecular weight is 455 g/mol. The highest BCUT2D eigenvalue weighted by atomic mass is 16.5. The molecule has 0 saturated heterocycles. The molecule has 1 atom stereocenters. The molecule has 2 amide bonds. The molecule has 1 unspecified atom stereocenters. The van der Waals surface area contributed by atoms with E-state index in [0.717, 1.165) is 22.3 Å². The van der Waals surface area contributed by atoms with Crippen LogP contribution in [0.3, 0.4) is 0 Å². The molecule has 0 radical (unpaired) electrons. The first-order valence-electron chi connectivity index (χ1n) is 11.1. The lowest BCUT2D eigenvalue weighted by molar-refractivity contribution is -0.137. The van der Waals surface area contributed by atoms with Crippen molar-refractivity contribution in [3.63, 3.8) is 0 Å². The topological polar surface area (TPSA) is 114 Å². The highest BCUT2D eigenvalue weighted by Gasteiger charge is 2.29. The molecule has 2 aromatic carbocycles. The van der Waals surface area contributed by atoms with Crippen molar-refractivity contribution in [2.45, 2.75) is 37.7 Å². The number of carbonyl (C=O) groups is 3. The van der Waals surface area contributed by atoms with Gasteiger partial charge in [-0.1, -0.05) is 55.0 Å². The van der Waals surface area contributed by atoms with Crippen molar-refractivity contribution in [3.05, 3.63) is 59.7 Å². The fourth-order valence-electron chi connectivity index (χ4n) is 4.01. The zero-order valence-electron chi connectivity index (χ0n) is 18.7. The maximum Gasteiger partial charge on any atom is 0.407 e. The monoisotopic (exact) mass is 454 g/mol. The molecule has 0 aromatic heterocycles. The van der Waals surface area contributed by atoms with Crippen LogP contribution in [0.2, 0.25) is 0 Å². The van der Waals surface area contributed by atoms with E-state index in [1.165, 1.54) is 7.11 Å². The average Bonchev–Trinajstić information content (AvgIpc) is 3.14. The van der Waals surface area contributed by atoms with Gasteiger partial charge in [0.1, 0.15) is 6.61 Å². The van der Waals surface area contributed by atoms with E-state index in [2.05, 4.69) is 22.8 Å². The molecular formula is C25H30N2O6. The number of carboxylic acid groups (broad SMARTS) is 1. The van der Waals surface area contributed by atoms with E-state index in [4.69, 9.17) is 14.6 Å². The first-order valence-corrected chi connectivity index (χ1v) is 11.1. The number of benzene rings is 2. The van der Waals surface area contributed by atoms with E-state index < -0.39 is 18.2 Å². The van der Waals surface area contributed by atoms with E-state index in [1.807, 2.05) is 36.4 Å². The van der Waals surface area contributed by atoms with Crippen molar-refractivity contribution in [1.82, 2.24) is 10.6 Å². The van der Waals surface area contributed by atoms with Crippen LogP contribution in [-0.4, -0.2) is 56.0 Å². The second-order valence-electron chi connectivity index (χ2n) is 7.93. The van der Waals surface area contributed by atoms with Crippen LogP contribution < -0.4 is 10.6 Å². The maximum atomic E-state index is 12.3. The van der Waals surface area contributed by atoms with Crippen LogP contribution in [-0.2, 0) is 19.1 Å². The zero-order valence-corrected chi connectivity index (χ0v) is 18.7. The number of nitrogens with one attached hydrogen (secondary N) is 2. The number of methoxy groups -OCH3 is 1. The van der Waals surface area contributed by atoms with E-state index in [0.29, 0.717) is 25.8 Å². The van der Waals surface area contributed by atoms with Gasteiger partial charge in [-0.3, -0.25) is 9.59 Å². The Hall–Kier alpha value is -3.39. The van der Waals surface area contributed by atoms with Gasteiger partial charge in [0.05, 0.1) is 6.54 Å². The number of alkyl carbamates (subject to hydrolysis) is 1. The molecule has 0 spiro atoms. The number of hydrogen-bond acceptors (Lipinski definition) is 5. The van der Waals surface area contributed by atoms with Gasteiger partial charge in [-0.2, -0.15) is 0 Å². The summed E-state index contributed by atoms with van der Waals surface area (Å²) in [6.45, 7) is 0.599. The Balaban J connectivity index is 1.42. The largest absolute Gasteiger partial charge is 0.481 e. The molecule has 1 aliphatic rings. The van der Waals surface area contributed by atoms with Gasteiger partial charge < -0.3 is 25.2 Å². The Morgan fingerprint density at radius 2 is 1.58 bits per heavy atom. The number of aliphatic carboxylic acids is 1. The van der Waals surface area contributed by atoms with Gasteiger partial charge in [0.15, 0.2) is 6.10 Å². The van der Waals surface area contributed by atoms with Crippen molar-refractivity contribution in [2.75, 3.05) is 26.8 Å². The molecule has 8 nitrogen and oxygen atoms in total. The highest BCUT2D eigenvalue weighted by Crippen LogP contribution is 2.44. The summed E-state index contributed by atoms with van der Waals surface area (Å²) in [5.41, 5.74) is 4.57. The Labute approximate surface area is 193 Å². The van der Waals surface area contributed by atoms with Crippen molar-refractivity contribution in [1.29, 1.82) is 0 Å². The van der Waals surface area contributed by atoms with Crippen molar-refractivity contribution < 1.29 is 29.0 Å². The summed E-state index contributed by atoms with van der Waals surface area (Å²) in [7, 11) is 1.40. The zero-order chi connectivity index (χ0) is 23.6. The lowest BCUT2D eigenvalue weighted by Gasteiger charge is -2.17. The van der Waals surface area contributed by atoms with Gasteiger partial charge in [0, 0.05) is 26.0 Å². The number of carbonyl (C=O) groups excluding carboxylic acids is 2. The maximum absolute atomic E-state index is 12.3. The molecular weight excluding hydrogens is 424 g/mol. The Morgan fingerprint density at radius 3 is 2.18 bits per heavy atom. The molecule has 2 aromatic rings. The molecule has 176 valence electrons. The van der Waals surface area contributed by atoms with Crippen molar-refractivity contribution in [3.8, 4) is 11.1 Å². The summed E-state index contributed by atoms with van der Waals surface area (Å²) in [6.07, 6.45) is 0.628. The van der Waals surface area contributed by atoms with Gasteiger partial charge in [0.2, 0.25) is 0 Å². The van der Waals surface area contributed by atoms with Crippen LogP contribution in [0.1, 0.15) is 42.7 Å². The second kappa shape index (κ2) is 12.0. The van der Waals surface area contributed by atoms with Crippen molar-refractivity contribution in [2.24, 2.45) is 0 Å². The summed E-state index contributed by atoms with van der Waals surface area (Å²) in [4.78, 5) is 35.0. The predicted molar refractivity (Wildman–Crippen MR) is 123 cm³/mol. The number of rotatable bonds is 12. The summed E-state index contributed by atoms with van der Waals surface area (Å²) >= 11 is 0. The Morgan fingerprint density at radius 1 is 0.939 bits per heavy atom. The highest BCUT2D eigenvalue weighted by molar-refractivity contribution is 5.82. The molecule has 33 heavy (non-hydrogen) atoms. The first kappa shape index (κ1) is 24.3. The lowest BCUT2D eigenvalue weighted by atomic mass is 9.98. The van der Waals surface area contributed by atoms with E-state index in [1.54, 1.807) is 0 Å². The summed E-state index contributed by atoms with van der Waals surface area (Å²) in [5, 5.41) is 14.0. The molecule has 3 N–H and O–H groups in total. The summed E-state index contributed by atoms with van der Waals surface area (Å²) in [6, 6.07) is 16.2. The van der Waals surface area contributed by atoms with Crippen LogP contribution in [0.25, 0.3) is 11.1 Å². The predicted octanol–water partition coefficient (Wildman–Crippen LogP) is 3.30. The Bertz CT molecular complexity index is 931. The third-order valence-corrected chi connectivity index (χ3v) is 5.72. The van der Waals surface area contributed by atoms with Gasteiger partial charge in [-0.15, -0.1) is 0 Å². The minimum Gasteiger partial charge on any atom is -0.481 e. The fourth-order valence-corrected chi connectivity index (χ4v) is 4.01. The molecule has 3 rings (SSSR count). The molecule has 0 bridgehead atoms. The molecule has 1 aliphatic carbocycles. The molecule has 0 fully saturated rings. The van der Waals surface area contributed by atoms with E-state index in [-0.39, 0.29) is 31.4 Å². The first-order chi connectivity index (χ1) is 16.0. The molecule has 8 heteroatoms. The third-order valence-electron chi connectivity index (χ3n) is 5.72. The second-order valence-corrected chi connectivity index (χ2v) is 7.93. The Kier molecular flexibility index (Phi) is 8.83. The van der Waals surface area contributed by atoms with Crippen molar-refractivity contribution >= 4 is 18.0 Å². The normalized spacial score (nSPS) is 13.0. The quantitative estimate of drug-likeness (QED) is 0.424. The van der Waals surface area contributed by atoms with E-state index >= 15 is 0 Å². The summed E-state index contributed by atoms with van der Waals surface area (Å²) < 4.78 is 10.7. The smallest absolute Gasteiger partial charge is 0.407 e. The summed E-state index contributed by atoms with van der Waals surface area (Å²) in [5.74, 6) is -1.20. The SMILES string of the molecule is COC(CNC(=O)OCC1c2ccccc2-c2ccccc21)C(=O)NCCCCCC(=O)O. The number of unbranched alkanes of at least 4 members (excludes halogenated alkanes) is 2. The fraction of sp³-hybridized carbons (Fsp3) is 0.400. The van der Waals surface area contributed by atoms with Crippen LogP contribution in [0, 0.1) is 0 Å². The minimum atomic E-state index is -0.843. The van der Waals surface area contributed by atoms with Crippen LogP contribution in [0.4, 0.5) is 4.79 Å². The van der Waals surface area contributed by atoms with Crippen LogP contribution >= 0.6 is 0 Å². The van der Waals surface area contributed by atoms with Crippen LogP contribution in [0.5, 0.6) is 0 Å². The number of fused-ring (bicyclic) bond motifs is 3. The third kappa shape index (κ3) is 6.55. The molecule has 0 heterocycles. The van der Waals surface area contributed by atoms with Gasteiger partial charge in [0.25, 0.3) is 5.91 Å². The number of carboxylic acids is 1. The van der Waals surface area contributed by atoms with E-state index in [9.17, 15) is 14.4 Å². The van der Waals surface area contributed by atoms with Gasteiger partial charge in [-0.25, -0.2) is 4.79 Å². The number of ether oxygens (including phenoxy) is 2. The standard InChI is InChI=1S/C25H30N2O6/c1-32-22(24(30)26-14-8-2-3-13-23(28)29)15-27-25(31)33-16-21-19-11-6-4-9-17(19)18-10-5-7-12-20(18)21/h4-7,9-12,21-22H,2-3,8,13-16H2,1H3,(H,26,30)(H,27,31)(H,28,29). The number of hydrogen-bond donors (Lipinski definition) is 3. The molecule has 0 saturated carbocycles. The van der Waals surface area contributed by atoms with Gasteiger partial charge >= 0.3 is 12.1 Å². The van der Waals surface area contributed by atoms with Crippen LogP contribution in [0.15, 0.2) is 48.5 Å². The minimum absolute atomic E-state index is 0.0159. The molecule has 0 aliphatic heterocycles.